The van der Waals surface area contributed by atoms with Crippen LogP contribution in [0.4, 0.5) is 5.69 Å². The highest BCUT2D eigenvalue weighted by molar-refractivity contribution is 5.97. The van der Waals surface area contributed by atoms with Crippen molar-refractivity contribution in [2.45, 2.75) is 38.1 Å². The van der Waals surface area contributed by atoms with Crippen molar-refractivity contribution in [3.05, 3.63) is 103 Å². The molecule has 1 amide bonds. The van der Waals surface area contributed by atoms with E-state index in [9.17, 15) is 15.0 Å². The van der Waals surface area contributed by atoms with E-state index >= 15 is 0 Å². The van der Waals surface area contributed by atoms with Gasteiger partial charge in [-0.05, 0) is 73.2 Å². The Balaban J connectivity index is 0.000000662. The third kappa shape index (κ3) is 8.73. The van der Waals surface area contributed by atoms with Crippen LogP contribution in [0.25, 0.3) is 11.1 Å². The van der Waals surface area contributed by atoms with Gasteiger partial charge in [0, 0.05) is 5.56 Å². The molecule has 3 aromatic rings. The van der Waals surface area contributed by atoms with E-state index in [1.165, 1.54) is 0 Å². The summed E-state index contributed by atoms with van der Waals surface area (Å²) >= 11 is 0. The number of allylic oxidation sites excluding steroid dienone is 2. The first kappa shape index (κ1) is 28.4. The van der Waals surface area contributed by atoms with Gasteiger partial charge in [-0.3, -0.25) is 4.79 Å². The summed E-state index contributed by atoms with van der Waals surface area (Å²) in [4.78, 5) is 12.5. The number of phenolic OH excluding ortho intramolecular Hbond substituents is 2. The summed E-state index contributed by atoms with van der Waals surface area (Å²) < 4.78 is 0. The van der Waals surface area contributed by atoms with Crippen molar-refractivity contribution in [3.8, 4) is 22.6 Å². The van der Waals surface area contributed by atoms with Gasteiger partial charge in [0.2, 0.25) is 5.91 Å². The summed E-state index contributed by atoms with van der Waals surface area (Å²) in [5.41, 5.74) is 14.6. The van der Waals surface area contributed by atoms with E-state index in [1.807, 2.05) is 42.5 Å². The zero-order valence-corrected chi connectivity index (χ0v) is 20.7. The second-order valence-corrected chi connectivity index (χ2v) is 8.40. The van der Waals surface area contributed by atoms with Crippen LogP contribution in [0.5, 0.6) is 11.5 Å². The molecule has 36 heavy (non-hydrogen) atoms. The molecule has 0 saturated carbocycles. The Hall–Kier alpha value is -3.87. The average Bonchev–Trinajstić information content (AvgIpc) is 2.89. The first-order valence-corrected chi connectivity index (χ1v) is 12.1. The SMILES string of the molecule is C=CCc1cc(NC(=O)[C@@H](N)CCCCN)c(O)c(-c2ccc(O)c(CC=C)c2)c1.c1ccccc1. The Morgan fingerprint density at radius 1 is 0.944 bits per heavy atom. The molecule has 3 aromatic carbocycles. The summed E-state index contributed by atoms with van der Waals surface area (Å²) in [6, 6.07) is 20.0. The van der Waals surface area contributed by atoms with Crippen LogP contribution in [0.2, 0.25) is 0 Å². The average molecular weight is 488 g/mol. The van der Waals surface area contributed by atoms with Crippen molar-refractivity contribution in [1.82, 2.24) is 0 Å². The van der Waals surface area contributed by atoms with E-state index in [4.69, 9.17) is 11.5 Å². The summed E-state index contributed by atoms with van der Waals surface area (Å²) in [7, 11) is 0. The van der Waals surface area contributed by atoms with Gasteiger partial charge in [-0.25, -0.2) is 0 Å². The lowest BCUT2D eigenvalue weighted by Gasteiger charge is -2.17. The molecule has 0 bridgehead atoms. The number of amides is 1. The predicted octanol–water partition coefficient (Wildman–Crippen LogP) is 5.30. The van der Waals surface area contributed by atoms with Gasteiger partial charge in [0.25, 0.3) is 0 Å². The molecule has 0 spiro atoms. The molecule has 3 rings (SSSR count). The van der Waals surface area contributed by atoms with Gasteiger partial charge in [0.1, 0.15) is 11.5 Å². The van der Waals surface area contributed by atoms with Crippen LogP contribution in [0, 0.1) is 0 Å². The largest absolute Gasteiger partial charge is 0.508 e. The topological polar surface area (TPSA) is 122 Å². The van der Waals surface area contributed by atoms with E-state index in [-0.39, 0.29) is 17.4 Å². The second kappa shape index (κ2) is 15.2. The minimum absolute atomic E-state index is 0.0550. The van der Waals surface area contributed by atoms with E-state index in [0.717, 1.165) is 24.0 Å². The fourth-order valence-electron chi connectivity index (χ4n) is 3.62. The Bertz CT molecular complexity index is 1100. The summed E-state index contributed by atoms with van der Waals surface area (Å²) in [5, 5.41) is 23.7. The predicted molar refractivity (Wildman–Crippen MR) is 149 cm³/mol. The lowest BCUT2D eigenvalue weighted by Crippen LogP contribution is -2.35. The molecule has 6 nitrogen and oxygen atoms in total. The minimum Gasteiger partial charge on any atom is -0.508 e. The molecule has 6 heteroatoms. The minimum atomic E-state index is -0.685. The summed E-state index contributed by atoms with van der Waals surface area (Å²) in [6.45, 7) is 8.03. The van der Waals surface area contributed by atoms with Gasteiger partial charge >= 0.3 is 0 Å². The van der Waals surface area contributed by atoms with Crippen LogP contribution < -0.4 is 16.8 Å². The quantitative estimate of drug-likeness (QED) is 0.143. The lowest BCUT2D eigenvalue weighted by atomic mass is 9.96. The van der Waals surface area contributed by atoms with Crippen molar-refractivity contribution in [2.24, 2.45) is 11.5 Å². The number of hydrogen-bond acceptors (Lipinski definition) is 5. The number of anilines is 1. The number of carbonyl (C=O) groups excluding carboxylic acids is 1. The Kier molecular flexibility index (Phi) is 12.0. The normalized spacial score (nSPS) is 11.1. The Morgan fingerprint density at radius 2 is 1.58 bits per heavy atom. The Morgan fingerprint density at radius 3 is 2.17 bits per heavy atom. The van der Waals surface area contributed by atoms with Crippen molar-refractivity contribution < 1.29 is 15.0 Å². The number of phenols is 2. The van der Waals surface area contributed by atoms with Gasteiger partial charge in [0.15, 0.2) is 0 Å². The third-order valence-corrected chi connectivity index (χ3v) is 5.54. The van der Waals surface area contributed by atoms with Gasteiger partial charge in [-0.15, -0.1) is 13.2 Å². The van der Waals surface area contributed by atoms with Crippen LogP contribution in [0.3, 0.4) is 0 Å². The maximum absolute atomic E-state index is 12.5. The van der Waals surface area contributed by atoms with Crippen LogP contribution in [-0.2, 0) is 17.6 Å². The number of rotatable bonds is 11. The van der Waals surface area contributed by atoms with Gasteiger partial charge < -0.3 is 27.0 Å². The van der Waals surface area contributed by atoms with E-state index in [0.29, 0.717) is 42.6 Å². The van der Waals surface area contributed by atoms with Gasteiger partial charge in [-0.1, -0.05) is 61.0 Å². The summed E-state index contributed by atoms with van der Waals surface area (Å²) in [5.74, 6) is -0.250. The molecular weight excluding hydrogens is 450 g/mol. The first-order chi connectivity index (χ1) is 17.4. The number of carbonyl (C=O) groups is 1. The van der Waals surface area contributed by atoms with Gasteiger partial charge in [0.05, 0.1) is 11.7 Å². The zero-order valence-electron chi connectivity index (χ0n) is 20.7. The Labute approximate surface area is 214 Å². The third-order valence-electron chi connectivity index (χ3n) is 5.54. The lowest BCUT2D eigenvalue weighted by molar-refractivity contribution is -0.117. The monoisotopic (exact) mass is 487 g/mol. The molecule has 0 aromatic heterocycles. The van der Waals surface area contributed by atoms with Crippen molar-refractivity contribution in [3.63, 3.8) is 0 Å². The number of hydrogen-bond donors (Lipinski definition) is 5. The molecule has 7 N–H and O–H groups in total. The maximum atomic E-state index is 12.5. The highest BCUT2D eigenvalue weighted by Crippen LogP contribution is 2.39. The molecule has 0 saturated heterocycles. The molecule has 0 aliphatic carbocycles. The fourth-order valence-corrected chi connectivity index (χ4v) is 3.62. The van der Waals surface area contributed by atoms with E-state index in [1.54, 1.807) is 36.4 Å². The van der Waals surface area contributed by atoms with Crippen molar-refractivity contribution >= 4 is 11.6 Å². The highest BCUT2D eigenvalue weighted by Gasteiger charge is 2.18. The van der Waals surface area contributed by atoms with Crippen molar-refractivity contribution in [2.75, 3.05) is 11.9 Å². The highest BCUT2D eigenvalue weighted by atomic mass is 16.3. The van der Waals surface area contributed by atoms with Crippen LogP contribution in [0.1, 0.15) is 30.4 Å². The van der Waals surface area contributed by atoms with Crippen molar-refractivity contribution in [1.29, 1.82) is 0 Å². The zero-order chi connectivity index (χ0) is 26.3. The molecule has 0 radical (unpaired) electrons. The maximum Gasteiger partial charge on any atom is 0.241 e. The van der Waals surface area contributed by atoms with E-state index < -0.39 is 6.04 Å². The van der Waals surface area contributed by atoms with Crippen LogP contribution in [-0.4, -0.2) is 28.7 Å². The molecule has 0 aliphatic rings. The molecule has 190 valence electrons. The van der Waals surface area contributed by atoms with Crippen LogP contribution in [0.15, 0.2) is 92.0 Å². The molecule has 0 fully saturated rings. The molecular formula is C30H37N3O3. The number of nitrogens with one attached hydrogen (secondary N) is 1. The van der Waals surface area contributed by atoms with E-state index in [2.05, 4.69) is 18.5 Å². The number of aromatic hydroxyl groups is 2. The standard InChI is InChI=1S/C24H31N3O3.C6H6/c1-3-7-16-13-19(17-10-11-22(28)18(15-17)8-4-2)23(29)21(14-16)27-24(30)20(26)9-5-6-12-25;1-2-4-6-5-3-1/h3-4,10-11,13-15,20,28-29H,1-2,5-9,12,25-26H2,(H,27,30);1-6H/t20-;/m0./s1. The molecule has 0 heterocycles. The number of unbranched alkanes of at least 4 members (excludes halogenated alkanes) is 1. The smallest absolute Gasteiger partial charge is 0.241 e. The van der Waals surface area contributed by atoms with Crippen LogP contribution >= 0.6 is 0 Å². The number of benzene rings is 3. The fraction of sp³-hybridized carbons (Fsp3) is 0.233. The summed E-state index contributed by atoms with van der Waals surface area (Å²) in [6.07, 6.45) is 6.60. The van der Waals surface area contributed by atoms with Gasteiger partial charge in [-0.2, -0.15) is 0 Å². The molecule has 0 aliphatic heterocycles. The second-order valence-electron chi connectivity index (χ2n) is 8.40. The molecule has 1 atom stereocenters. The molecule has 0 unspecified atom stereocenters. The number of nitrogens with two attached hydrogens (primary N) is 2. The first-order valence-electron chi connectivity index (χ1n) is 12.1.